The first-order valence-corrected chi connectivity index (χ1v) is 6.43. The molecule has 2 rings (SSSR count). The van der Waals surface area contributed by atoms with Crippen LogP contribution in [0.15, 0.2) is 52.2 Å². The molecule has 0 bridgehead atoms. The van der Waals surface area contributed by atoms with Crippen molar-refractivity contribution in [2.75, 3.05) is 0 Å². The molecule has 0 fully saturated rings. The van der Waals surface area contributed by atoms with E-state index in [0.717, 1.165) is 11.1 Å². The second-order valence-electron chi connectivity index (χ2n) is 3.50. The van der Waals surface area contributed by atoms with Crippen molar-refractivity contribution in [3.05, 3.63) is 54.0 Å². The maximum Gasteiger partial charge on any atom is 0.238 e. The predicted molar refractivity (Wildman–Crippen MR) is 65.5 cm³/mol. The highest BCUT2D eigenvalue weighted by molar-refractivity contribution is 7.89. The van der Waals surface area contributed by atoms with Crippen molar-refractivity contribution in [2.45, 2.75) is 4.90 Å². The summed E-state index contributed by atoms with van der Waals surface area (Å²) in [7, 11) is -3.62. The molecule has 0 spiro atoms. The maximum absolute atomic E-state index is 11.0. The van der Waals surface area contributed by atoms with Crippen molar-refractivity contribution in [1.82, 2.24) is 0 Å². The van der Waals surface area contributed by atoms with Gasteiger partial charge in [-0.3, -0.25) is 0 Å². The molecule has 2 aromatic rings. The number of rotatable bonds is 3. The van der Waals surface area contributed by atoms with Gasteiger partial charge >= 0.3 is 0 Å². The number of nitrogens with two attached hydrogens (primary N) is 1. The Kier molecular flexibility index (Phi) is 3.12. The van der Waals surface area contributed by atoms with E-state index < -0.39 is 10.0 Å². The summed E-state index contributed by atoms with van der Waals surface area (Å²) in [5.41, 5.74) is 1.83. The summed E-state index contributed by atoms with van der Waals surface area (Å²) < 4.78 is 27.0. The van der Waals surface area contributed by atoms with Gasteiger partial charge in [0.05, 0.1) is 17.4 Å². The van der Waals surface area contributed by atoms with Crippen molar-refractivity contribution < 1.29 is 12.8 Å². The summed E-state index contributed by atoms with van der Waals surface area (Å²) in [6.45, 7) is 0. The number of benzene rings is 1. The zero-order valence-corrected chi connectivity index (χ0v) is 9.72. The highest BCUT2D eigenvalue weighted by Gasteiger charge is 2.05. The molecule has 5 heteroatoms. The molecular formula is C12H11NO3S. The fourth-order valence-electron chi connectivity index (χ4n) is 1.33. The van der Waals surface area contributed by atoms with Gasteiger partial charge < -0.3 is 4.42 Å². The first-order valence-electron chi connectivity index (χ1n) is 4.89. The second-order valence-corrected chi connectivity index (χ2v) is 5.07. The summed E-state index contributed by atoms with van der Waals surface area (Å²) in [6.07, 6.45) is 6.94. The van der Waals surface area contributed by atoms with E-state index in [1.807, 2.05) is 18.2 Å². The molecule has 4 nitrogen and oxygen atoms in total. The van der Waals surface area contributed by atoms with E-state index >= 15 is 0 Å². The molecule has 0 saturated carbocycles. The highest BCUT2D eigenvalue weighted by atomic mass is 32.2. The van der Waals surface area contributed by atoms with Crippen molar-refractivity contribution in [2.24, 2.45) is 5.14 Å². The first kappa shape index (κ1) is 11.6. The van der Waals surface area contributed by atoms with Crippen LogP contribution in [0, 0.1) is 0 Å². The summed E-state index contributed by atoms with van der Waals surface area (Å²) in [6, 6.07) is 8.16. The van der Waals surface area contributed by atoms with E-state index in [2.05, 4.69) is 0 Å². The molecule has 2 N–H and O–H groups in total. The van der Waals surface area contributed by atoms with Gasteiger partial charge in [-0.05, 0) is 23.8 Å². The number of hydrogen-bond acceptors (Lipinski definition) is 3. The maximum atomic E-state index is 11.0. The Morgan fingerprint density at radius 3 is 2.18 bits per heavy atom. The summed E-state index contributed by atoms with van der Waals surface area (Å²) >= 11 is 0. The van der Waals surface area contributed by atoms with Crippen LogP contribution in [-0.4, -0.2) is 8.42 Å². The quantitative estimate of drug-likeness (QED) is 0.905. The molecular weight excluding hydrogens is 238 g/mol. The Morgan fingerprint density at radius 1 is 1.00 bits per heavy atom. The Morgan fingerprint density at radius 2 is 1.65 bits per heavy atom. The average molecular weight is 249 g/mol. The van der Waals surface area contributed by atoms with Crippen LogP contribution in [0.3, 0.4) is 0 Å². The van der Waals surface area contributed by atoms with Crippen LogP contribution in [0.25, 0.3) is 12.2 Å². The molecule has 1 aromatic carbocycles. The van der Waals surface area contributed by atoms with Crippen LogP contribution < -0.4 is 5.14 Å². The number of furan rings is 1. The van der Waals surface area contributed by atoms with Crippen LogP contribution in [-0.2, 0) is 10.0 Å². The second kappa shape index (κ2) is 4.57. The smallest absolute Gasteiger partial charge is 0.238 e. The number of hydrogen-bond donors (Lipinski definition) is 1. The van der Waals surface area contributed by atoms with Gasteiger partial charge in [0, 0.05) is 5.56 Å². The first-order chi connectivity index (χ1) is 8.05. The van der Waals surface area contributed by atoms with Crippen LogP contribution >= 0.6 is 0 Å². The molecule has 0 atom stereocenters. The van der Waals surface area contributed by atoms with Crippen LogP contribution in [0.2, 0.25) is 0 Å². The molecule has 0 aliphatic rings. The van der Waals surface area contributed by atoms with E-state index in [4.69, 9.17) is 9.56 Å². The molecule has 0 aliphatic carbocycles. The van der Waals surface area contributed by atoms with Crippen molar-refractivity contribution >= 4 is 22.2 Å². The molecule has 1 heterocycles. The lowest BCUT2D eigenvalue weighted by Gasteiger charge is -1.98. The van der Waals surface area contributed by atoms with E-state index in [9.17, 15) is 8.42 Å². The topological polar surface area (TPSA) is 73.3 Å². The Balaban J connectivity index is 2.19. The van der Waals surface area contributed by atoms with Crippen molar-refractivity contribution in [1.29, 1.82) is 0 Å². The van der Waals surface area contributed by atoms with Crippen LogP contribution in [0.1, 0.15) is 11.1 Å². The van der Waals surface area contributed by atoms with Gasteiger partial charge in [-0.25, -0.2) is 13.6 Å². The molecule has 0 amide bonds. The normalized spacial score (nSPS) is 12.1. The number of primary sulfonamides is 1. The SMILES string of the molecule is NS(=O)(=O)c1ccc(/C=C/c2ccoc2)cc1. The molecule has 17 heavy (non-hydrogen) atoms. The van der Waals surface area contributed by atoms with Crippen molar-refractivity contribution in [3.8, 4) is 0 Å². The minimum Gasteiger partial charge on any atom is -0.472 e. The Bertz CT molecular complexity index is 610. The van der Waals surface area contributed by atoms with E-state index in [-0.39, 0.29) is 4.90 Å². The average Bonchev–Trinajstić information content (AvgIpc) is 2.78. The van der Waals surface area contributed by atoms with Gasteiger partial charge in [0.2, 0.25) is 10.0 Å². The fraction of sp³-hybridized carbons (Fsp3) is 0. The number of sulfonamides is 1. The standard InChI is InChI=1S/C12H11NO3S/c13-17(14,15)12-5-3-10(4-6-12)1-2-11-7-8-16-9-11/h1-9H,(H2,13,14,15)/b2-1+. The lowest BCUT2D eigenvalue weighted by Crippen LogP contribution is -2.11. The summed E-state index contributed by atoms with van der Waals surface area (Å²) in [5, 5.41) is 5.00. The van der Waals surface area contributed by atoms with Gasteiger partial charge in [0.1, 0.15) is 0 Å². The third-order valence-electron chi connectivity index (χ3n) is 2.22. The van der Waals surface area contributed by atoms with Crippen molar-refractivity contribution in [3.63, 3.8) is 0 Å². The monoisotopic (exact) mass is 249 g/mol. The van der Waals surface area contributed by atoms with Gasteiger partial charge in [-0.2, -0.15) is 0 Å². The molecule has 0 aliphatic heterocycles. The lowest BCUT2D eigenvalue weighted by atomic mass is 10.2. The zero-order chi connectivity index (χ0) is 12.3. The molecule has 88 valence electrons. The zero-order valence-electron chi connectivity index (χ0n) is 8.91. The fourth-order valence-corrected chi connectivity index (χ4v) is 1.85. The molecule has 0 unspecified atom stereocenters. The molecule has 1 aromatic heterocycles. The van der Waals surface area contributed by atoms with Gasteiger partial charge in [-0.1, -0.05) is 24.3 Å². The molecule has 0 saturated heterocycles. The van der Waals surface area contributed by atoms with E-state index in [1.165, 1.54) is 12.1 Å². The van der Waals surface area contributed by atoms with Crippen LogP contribution in [0.4, 0.5) is 0 Å². The summed E-state index contributed by atoms with van der Waals surface area (Å²) in [5.74, 6) is 0. The van der Waals surface area contributed by atoms with Gasteiger partial charge in [0.25, 0.3) is 0 Å². The summed E-state index contributed by atoms with van der Waals surface area (Å²) in [4.78, 5) is 0.109. The predicted octanol–water partition coefficient (Wildman–Crippen LogP) is 2.10. The van der Waals surface area contributed by atoms with Gasteiger partial charge in [0.15, 0.2) is 0 Å². The Hall–Kier alpha value is -1.85. The third-order valence-corrected chi connectivity index (χ3v) is 3.15. The van der Waals surface area contributed by atoms with Gasteiger partial charge in [-0.15, -0.1) is 0 Å². The minimum atomic E-state index is -3.62. The minimum absolute atomic E-state index is 0.109. The highest BCUT2D eigenvalue weighted by Crippen LogP contribution is 2.12. The molecule has 0 radical (unpaired) electrons. The third kappa shape index (κ3) is 3.05. The van der Waals surface area contributed by atoms with E-state index in [0.29, 0.717) is 0 Å². The Labute approximate surface area is 99.4 Å². The van der Waals surface area contributed by atoms with E-state index in [1.54, 1.807) is 24.7 Å². The lowest BCUT2D eigenvalue weighted by molar-refractivity contribution is 0.567. The largest absolute Gasteiger partial charge is 0.472 e. The van der Waals surface area contributed by atoms with Crippen LogP contribution in [0.5, 0.6) is 0 Å².